The average Bonchev–Trinajstić information content (AvgIpc) is 3.07. The molecule has 0 radical (unpaired) electrons. The van der Waals surface area contributed by atoms with Gasteiger partial charge in [0.25, 0.3) is 5.91 Å². The van der Waals surface area contributed by atoms with Crippen LogP contribution in [0.1, 0.15) is 41.9 Å². The van der Waals surface area contributed by atoms with E-state index >= 15 is 0 Å². The number of carbonyl (C=O) groups is 1. The predicted molar refractivity (Wildman–Crippen MR) is 116 cm³/mol. The molecule has 3 aromatic rings. The number of nitrogens with zero attached hydrogens (tertiary/aromatic N) is 3. The van der Waals surface area contributed by atoms with Crippen molar-refractivity contribution in [2.75, 3.05) is 11.9 Å². The fraction of sp³-hybridized carbons (Fsp3) is 0.261. The van der Waals surface area contributed by atoms with Crippen LogP contribution in [0.25, 0.3) is 11.1 Å². The number of oxime groups is 1. The monoisotopic (exact) mass is 390 g/mol. The van der Waals surface area contributed by atoms with Crippen molar-refractivity contribution in [3.63, 3.8) is 0 Å². The molecule has 0 saturated carbocycles. The number of para-hydroxylation sites is 1. The van der Waals surface area contributed by atoms with E-state index in [1.807, 2.05) is 69.3 Å². The molecule has 0 bridgehead atoms. The number of aromatic nitrogens is 2. The quantitative estimate of drug-likeness (QED) is 0.358. The molecule has 1 heterocycles. The summed E-state index contributed by atoms with van der Waals surface area (Å²) in [5.74, 6) is -0.171. The Bertz CT molecular complexity index is 1020. The van der Waals surface area contributed by atoms with E-state index < -0.39 is 0 Å². The fourth-order valence-corrected chi connectivity index (χ4v) is 3.03. The van der Waals surface area contributed by atoms with Gasteiger partial charge in [-0.15, -0.1) is 0 Å². The van der Waals surface area contributed by atoms with Crippen LogP contribution in [0, 0.1) is 6.92 Å². The van der Waals surface area contributed by atoms with E-state index in [1.54, 1.807) is 17.9 Å². The van der Waals surface area contributed by atoms with Gasteiger partial charge in [-0.2, -0.15) is 5.10 Å². The number of anilines is 1. The van der Waals surface area contributed by atoms with Crippen LogP contribution in [0.15, 0.2) is 59.9 Å². The summed E-state index contributed by atoms with van der Waals surface area (Å²) >= 11 is 0. The van der Waals surface area contributed by atoms with Crippen LogP contribution < -0.4 is 5.32 Å². The number of carbonyl (C=O) groups excluding carboxylic acids is 1. The van der Waals surface area contributed by atoms with Crippen molar-refractivity contribution < 1.29 is 9.63 Å². The molecule has 0 spiro atoms. The minimum Gasteiger partial charge on any atom is -0.396 e. The van der Waals surface area contributed by atoms with Gasteiger partial charge in [0.2, 0.25) is 0 Å². The molecular weight excluding hydrogens is 364 g/mol. The Labute approximate surface area is 171 Å². The zero-order valence-electron chi connectivity index (χ0n) is 17.3. The lowest BCUT2D eigenvalue weighted by Crippen LogP contribution is -2.13. The number of hydrogen-bond donors (Lipinski definition) is 1. The number of benzene rings is 2. The molecule has 1 N–H and O–H groups in total. The van der Waals surface area contributed by atoms with Crippen LogP contribution in [0.2, 0.25) is 0 Å². The third-order valence-corrected chi connectivity index (χ3v) is 4.54. The largest absolute Gasteiger partial charge is 0.396 e. The fourth-order valence-electron chi connectivity index (χ4n) is 3.03. The summed E-state index contributed by atoms with van der Waals surface area (Å²) in [4.78, 5) is 18.0. The van der Waals surface area contributed by atoms with Crippen molar-refractivity contribution >= 4 is 17.3 Å². The molecule has 150 valence electrons. The van der Waals surface area contributed by atoms with Gasteiger partial charge in [-0.1, -0.05) is 54.5 Å². The summed E-state index contributed by atoms with van der Waals surface area (Å²) < 4.78 is 1.64. The highest BCUT2D eigenvalue weighted by Gasteiger charge is 2.15. The number of aryl methyl sites for hydroxylation is 2. The zero-order chi connectivity index (χ0) is 20.8. The second-order valence-corrected chi connectivity index (χ2v) is 6.89. The number of hydrogen-bond acceptors (Lipinski definition) is 4. The molecule has 29 heavy (non-hydrogen) atoms. The highest BCUT2D eigenvalue weighted by molar-refractivity contribution is 6.07. The van der Waals surface area contributed by atoms with Crippen LogP contribution >= 0.6 is 0 Å². The summed E-state index contributed by atoms with van der Waals surface area (Å²) in [5, 5.41) is 11.4. The van der Waals surface area contributed by atoms with E-state index in [9.17, 15) is 4.79 Å². The highest BCUT2D eigenvalue weighted by Crippen LogP contribution is 2.28. The second kappa shape index (κ2) is 9.19. The topological polar surface area (TPSA) is 68.5 Å². The van der Waals surface area contributed by atoms with Crippen LogP contribution in [-0.4, -0.2) is 28.0 Å². The number of amides is 1. The second-order valence-electron chi connectivity index (χ2n) is 6.89. The van der Waals surface area contributed by atoms with E-state index in [2.05, 4.69) is 15.6 Å². The van der Waals surface area contributed by atoms with E-state index in [0.29, 0.717) is 17.9 Å². The van der Waals surface area contributed by atoms with E-state index in [4.69, 9.17) is 4.84 Å². The van der Waals surface area contributed by atoms with E-state index in [1.165, 1.54) is 0 Å². The summed E-state index contributed by atoms with van der Waals surface area (Å²) in [5.41, 5.74) is 5.81. The van der Waals surface area contributed by atoms with E-state index in [0.717, 1.165) is 34.5 Å². The molecule has 1 amide bonds. The molecule has 2 aromatic carbocycles. The summed E-state index contributed by atoms with van der Waals surface area (Å²) in [6.07, 6.45) is 2.65. The molecule has 0 atom stereocenters. The van der Waals surface area contributed by atoms with Gasteiger partial charge in [-0.25, -0.2) is 0 Å². The van der Waals surface area contributed by atoms with Gasteiger partial charge in [-0.3, -0.25) is 9.48 Å². The van der Waals surface area contributed by atoms with Crippen LogP contribution in [0.5, 0.6) is 0 Å². The molecule has 0 fully saturated rings. The third-order valence-electron chi connectivity index (χ3n) is 4.54. The average molecular weight is 390 g/mol. The van der Waals surface area contributed by atoms with Gasteiger partial charge in [0.15, 0.2) is 0 Å². The first-order valence-corrected chi connectivity index (χ1v) is 9.67. The molecule has 0 aliphatic rings. The Balaban J connectivity index is 1.82. The minimum absolute atomic E-state index is 0.171. The molecule has 0 saturated heterocycles. The lowest BCUT2D eigenvalue weighted by atomic mass is 10.0. The Hall–Kier alpha value is -3.41. The lowest BCUT2D eigenvalue weighted by molar-refractivity contribution is 0.102. The molecule has 6 nitrogen and oxygen atoms in total. The maximum Gasteiger partial charge on any atom is 0.259 e. The Morgan fingerprint density at radius 3 is 2.55 bits per heavy atom. The van der Waals surface area contributed by atoms with Crippen molar-refractivity contribution in [2.24, 2.45) is 12.2 Å². The van der Waals surface area contributed by atoms with Gasteiger partial charge in [0, 0.05) is 24.5 Å². The minimum atomic E-state index is -0.171. The van der Waals surface area contributed by atoms with Crippen molar-refractivity contribution in [3.05, 3.63) is 71.5 Å². The van der Waals surface area contributed by atoms with Crippen molar-refractivity contribution in [2.45, 2.75) is 27.2 Å². The first-order valence-electron chi connectivity index (χ1n) is 9.67. The highest BCUT2D eigenvalue weighted by atomic mass is 16.6. The Kier molecular flexibility index (Phi) is 6.44. The zero-order valence-corrected chi connectivity index (χ0v) is 17.3. The summed E-state index contributed by atoms with van der Waals surface area (Å²) in [6.45, 7) is 6.41. The van der Waals surface area contributed by atoms with Gasteiger partial charge < -0.3 is 10.2 Å². The molecule has 0 unspecified atom stereocenters. The number of rotatable bonds is 7. The maximum atomic E-state index is 12.7. The van der Waals surface area contributed by atoms with Crippen LogP contribution in [0.4, 0.5) is 5.69 Å². The van der Waals surface area contributed by atoms with Gasteiger partial charge in [0.1, 0.15) is 6.61 Å². The first kappa shape index (κ1) is 20.3. The standard InChI is InChI=1S/C23H26N4O2/c1-5-14-29-26-16(2)18-10-12-19(13-11-18)20-8-6-7-9-22(20)24-23(28)21-15-27(4)25-17(21)3/h6-13,15H,5,14H2,1-4H3,(H,24,28)/b26-16-. The normalized spacial score (nSPS) is 11.4. The van der Waals surface area contributed by atoms with Gasteiger partial charge >= 0.3 is 0 Å². The van der Waals surface area contributed by atoms with Gasteiger partial charge in [-0.05, 0) is 37.5 Å². The molecule has 6 heteroatoms. The van der Waals surface area contributed by atoms with Crippen LogP contribution in [-0.2, 0) is 11.9 Å². The molecule has 0 aliphatic heterocycles. The van der Waals surface area contributed by atoms with Crippen molar-refractivity contribution in [3.8, 4) is 11.1 Å². The molecular formula is C23H26N4O2. The Morgan fingerprint density at radius 2 is 1.90 bits per heavy atom. The lowest BCUT2D eigenvalue weighted by Gasteiger charge is -2.12. The van der Waals surface area contributed by atoms with Crippen molar-refractivity contribution in [1.29, 1.82) is 0 Å². The predicted octanol–water partition coefficient (Wildman–Crippen LogP) is 4.80. The molecule has 3 rings (SSSR count). The third kappa shape index (κ3) is 4.90. The van der Waals surface area contributed by atoms with Crippen LogP contribution in [0.3, 0.4) is 0 Å². The first-order chi connectivity index (χ1) is 14.0. The summed E-state index contributed by atoms with van der Waals surface area (Å²) in [7, 11) is 1.80. The van der Waals surface area contributed by atoms with E-state index in [-0.39, 0.29) is 5.91 Å². The molecule has 1 aromatic heterocycles. The van der Waals surface area contributed by atoms with Crippen molar-refractivity contribution in [1.82, 2.24) is 9.78 Å². The Morgan fingerprint density at radius 1 is 1.17 bits per heavy atom. The maximum absolute atomic E-state index is 12.7. The SMILES string of the molecule is CCCO/N=C(/C)c1ccc(-c2ccccc2NC(=O)c2cn(C)nc2C)cc1. The molecule has 0 aliphatic carbocycles. The summed E-state index contributed by atoms with van der Waals surface area (Å²) in [6, 6.07) is 15.8. The van der Waals surface area contributed by atoms with Gasteiger partial charge in [0.05, 0.1) is 17.0 Å². The smallest absolute Gasteiger partial charge is 0.259 e. The number of nitrogens with one attached hydrogen (secondary N) is 1.